The SMILES string of the molecule is CN(CC(=O)O)CC1CN(C(=O)NC(c2ccccc2)C2CCCC2)CCO1. The maximum atomic E-state index is 13.0. The number of ether oxygens (including phenoxy) is 1. The minimum Gasteiger partial charge on any atom is -0.480 e. The number of morpholine rings is 1. The molecular weight excluding hydrogens is 358 g/mol. The van der Waals surface area contributed by atoms with Crippen LogP contribution in [0.25, 0.3) is 0 Å². The van der Waals surface area contributed by atoms with E-state index in [1.165, 1.54) is 12.8 Å². The summed E-state index contributed by atoms with van der Waals surface area (Å²) in [5.74, 6) is -0.389. The Balaban J connectivity index is 1.60. The highest BCUT2D eigenvalue weighted by molar-refractivity contribution is 5.75. The van der Waals surface area contributed by atoms with Gasteiger partial charge in [0.1, 0.15) is 0 Å². The largest absolute Gasteiger partial charge is 0.480 e. The summed E-state index contributed by atoms with van der Waals surface area (Å²) in [4.78, 5) is 27.4. The van der Waals surface area contributed by atoms with Gasteiger partial charge in [0.15, 0.2) is 0 Å². The van der Waals surface area contributed by atoms with E-state index in [0.29, 0.717) is 32.2 Å². The molecule has 7 nitrogen and oxygen atoms in total. The Morgan fingerprint density at radius 3 is 2.68 bits per heavy atom. The molecule has 0 radical (unpaired) electrons. The predicted octanol–water partition coefficient (Wildman–Crippen LogP) is 2.34. The fraction of sp³-hybridized carbons (Fsp3) is 0.619. The summed E-state index contributed by atoms with van der Waals surface area (Å²) in [6.45, 7) is 1.95. The molecule has 154 valence electrons. The van der Waals surface area contributed by atoms with Gasteiger partial charge in [-0.15, -0.1) is 0 Å². The third kappa shape index (κ3) is 5.69. The van der Waals surface area contributed by atoms with E-state index in [4.69, 9.17) is 9.84 Å². The molecule has 2 fully saturated rings. The molecule has 2 atom stereocenters. The number of amides is 2. The molecule has 1 saturated carbocycles. The van der Waals surface area contributed by atoms with E-state index in [1.54, 1.807) is 16.8 Å². The lowest BCUT2D eigenvalue weighted by Crippen LogP contribution is -2.53. The Hall–Kier alpha value is -2.12. The van der Waals surface area contributed by atoms with Crippen molar-refractivity contribution in [1.29, 1.82) is 0 Å². The van der Waals surface area contributed by atoms with Crippen molar-refractivity contribution in [3.63, 3.8) is 0 Å². The van der Waals surface area contributed by atoms with Gasteiger partial charge in [0, 0.05) is 19.6 Å². The number of carboxylic acid groups (broad SMARTS) is 1. The minimum atomic E-state index is -0.866. The van der Waals surface area contributed by atoms with Crippen LogP contribution in [0.1, 0.15) is 37.3 Å². The first-order valence-electron chi connectivity index (χ1n) is 10.1. The number of likely N-dealkylation sites (N-methyl/N-ethyl adjacent to an activating group) is 1. The number of benzene rings is 1. The van der Waals surface area contributed by atoms with Crippen LogP contribution in [-0.2, 0) is 9.53 Å². The quantitative estimate of drug-likeness (QED) is 0.748. The second-order valence-electron chi connectivity index (χ2n) is 7.91. The smallest absolute Gasteiger partial charge is 0.318 e. The van der Waals surface area contributed by atoms with E-state index in [0.717, 1.165) is 18.4 Å². The second-order valence-corrected chi connectivity index (χ2v) is 7.91. The molecule has 28 heavy (non-hydrogen) atoms. The van der Waals surface area contributed by atoms with Crippen LogP contribution in [0, 0.1) is 5.92 Å². The first-order chi connectivity index (χ1) is 13.5. The van der Waals surface area contributed by atoms with Crippen molar-refractivity contribution >= 4 is 12.0 Å². The molecule has 2 amide bonds. The van der Waals surface area contributed by atoms with Crippen LogP contribution in [0.3, 0.4) is 0 Å². The van der Waals surface area contributed by atoms with Gasteiger partial charge >= 0.3 is 12.0 Å². The third-order valence-corrected chi connectivity index (χ3v) is 5.66. The lowest BCUT2D eigenvalue weighted by molar-refractivity contribution is -0.138. The van der Waals surface area contributed by atoms with Gasteiger partial charge in [-0.2, -0.15) is 0 Å². The number of carbonyl (C=O) groups excluding carboxylic acids is 1. The number of hydrogen-bond donors (Lipinski definition) is 2. The van der Waals surface area contributed by atoms with Gasteiger partial charge in [0.25, 0.3) is 0 Å². The van der Waals surface area contributed by atoms with Crippen LogP contribution in [0.2, 0.25) is 0 Å². The molecule has 1 aliphatic carbocycles. The molecule has 1 aromatic rings. The predicted molar refractivity (Wildman–Crippen MR) is 106 cm³/mol. The molecule has 1 saturated heterocycles. The van der Waals surface area contributed by atoms with Crippen molar-refractivity contribution in [1.82, 2.24) is 15.1 Å². The molecule has 0 aromatic heterocycles. The molecule has 0 spiro atoms. The van der Waals surface area contributed by atoms with Crippen molar-refractivity contribution in [3.8, 4) is 0 Å². The third-order valence-electron chi connectivity index (χ3n) is 5.66. The first kappa shape index (κ1) is 20.6. The number of aliphatic carboxylic acids is 1. The molecule has 3 rings (SSSR count). The van der Waals surface area contributed by atoms with Crippen molar-refractivity contribution in [2.45, 2.75) is 37.8 Å². The number of carboxylic acids is 1. The van der Waals surface area contributed by atoms with Crippen LogP contribution < -0.4 is 5.32 Å². The van der Waals surface area contributed by atoms with Gasteiger partial charge < -0.3 is 20.1 Å². The Morgan fingerprint density at radius 2 is 2.00 bits per heavy atom. The number of rotatable bonds is 7. The average molecular weight is 389 g/mol. The monoisotopic (exact) mass is 389 g/mol. The number of nitrogens with zero attached hydrogens (tertiary/aromatic N) is 2. The Kier molecular flexibility index (Phi) is 7.28. The highest BCUT2D eigenvalue weighted by Crippen LogP contribution is 2.35. The van der Waals surface area contributed by atoms with Crippen molar-refractivity contribution in [2.75, 3.05) is 39.8 Å². The van der Waals surface area contributed by atoms with Gasteiger partial charge in [0.2, 0.25) is 0 Å². The van der Waals surface area contributed by atoms with Crippen LogP contribution in [0.4, 0.5) is 4.79 Å². The number of nitrogens with one attached hydrogen (secondary N) is 1. The maximum absolute atomic E-state index is 13.0. The number of urea groups is 1. The van der Waals surface area contributed by atoms with E-state index in [-0.39, 0.29) is 24.7 Å². The van der Waals surface area contributed by atoms with Crippen molar-refractivity contribution < 1.29 is 19.4 Å². The van der Waals surface area contributed by atoms with Gasteiger partial charge in [0.05, 0.1) is 25.3 Å². The normalized spacial score (nSPS) is 21.6. The maximum Gasteiger partial charge on any atom is 0.318 e. The zero-order valence-corrected chi connectivity index (χ0v) is 16.5. The highest BCUT2D eigenvalue weighted by atomic mass is 16.5. The molecule has 1 aliphatic heterocycles. The summed E-state index contributed by atoms with van der Waals surface area (Å²) in [5, 5.41) is 12.2. The molecule has 1 aromatic carbocycles. The van der Waals surface area contributed by atoms with Gasteiger partial charge in [-0.1, -0.05) is 43.2 Å². The summed E-state index contributed by atoms with van der Waals surface area (Å²) < 4.78 is 5.74. The van der Waals surface area contributed by atoms with Crippen LogP contribution in [0.15, 0.2) is 30.3 Å². The lowest BCUT2D eigenvalue weighted by Gasteiger charge is -2.36. The molecule has 1 heterocycles. The Morgan fingerprint density at radius 1 is 1.29 bits per heavy atom. The molecule has 2 unspecified atom stereocenters. The van der Waals surface area contributed by atoms with E-state index >= 15 is 0 Å². The van der Waals surface area contributed by atoms with E-state index in [1.807, 2.05) is 18.2 Å². The fourth-order valence-electron chi connectivity index (χ4n) is 4.31. The summed E-state index contributed by atoms with van der Waals surface area (Å²) >= 11 is 0. The average Bonchev–Trinajstić information content (AvgIpc) is 3.20. The zero-order chi connectivity index (χ0) is 19.9. The highest BCUT2D eigenvalue weighted by Gasteiger charge is 2.31. The number of hydrogen-bond acceptors (Lipinski definition) is 4. The molecule has 2 aliphatic rings. The number of carbonyl (C=O) groups is 2. The molecule has 7 heteroatoms. The fourth-order valence-corrected chi connectivity index (χ4v) is 4.31. The van der Waals surface area contributed by atoms with Gasteiger partial charge in [-0.3, -0.25) is 9.69 Å². The zero-order valence-electron chi connectivity index (χ0n) is 16.5. The van der Waals surface area contributed by atoms with E-state index in [9.17, 15) is 9.59 Å². The van der Waals surface area contributed by atoms with Gasteiger partial charge in [-0.25, -0.2) is 4.79 Å². The standard InChI is InChI=1S/C21H31N3O4/c1-23(15-19(25)26)13-18-14-24(11-12-28-18)21(27)22-20(17-9-5-6-10-17)16-7-3-2-4-8-16/h2-4,7-8,17-18,20H,5-6,9-15H2,1H3,(H,22,27)(H,25,26). The first-order valence-corrected chi connectivity index (χ1v) is 10.1. The minimum absolute atomic E-state index is 0.0344. The summed E-state index contributed by atoms with van der Waals surface area (Å²) in [5.41, 5.74) is 1.16. The second kappa shape index (κ2) is 9.89. The summed E-state index contributed by atoms with van der Waals surface area (Å²) in [7, 11) is 1.75. The Labute approximate surface area is 166 Å². The van der Waals surface area contributed by atoms with E-state index in [2.05, 4.69) is 17.4 Å². The summed E-state index contributed by atoms with van der Waals surface area (Å²) in [6.07, 6.45) is 4.56. The van der Waals surface area contributed by atoms with Gasteiger partial charge in [-0.05, 0) is 31.4 Å². The molecule has 2 N–H and O–H groups in total. The van der Waals surface area contributed by atoms with E-state index < -0.39 is 5.97 Å². The summed E-state index contributed by atoms with van der Waals surface area (Å²) in [6, 6.07) is 10.2. The van der Waals surface area contributed by atoms with Crippen LogP contribution in [-0.4, -0.2) is 72.8 Å². The molecule has 0 bridgehead atoms. The topological polar surface area (TPSA) is 82.1 Å². The van der Waals surface area contributed by atoms with Crippen LogP contribution in [0.5, 0.6) is 0 Å². The molecular formula is C21H31N3O4. The van der Waals surface area contributed by atoms with Crippen molar-refractivity contribution in [3.05, 3.63) is 35.9 Å². The Bertz CT molecular complexity index is 648. The van der Waals surface area contributed by atoms with Crippen molar-refractivity contribution in [2.24, 2.45) is 5.92 Å². The van der Waals surface area contributed by atoms with Crippen LogP contribution >= 0.6 is 0 Å². The lowest BCUT2D eigenvalue weighted by atomic mass is 9.92.